The number of carbonyl (C=O) groups is 2. The molecule has 1 aliphatic rings. The van der Waals surface area contributed by atoms with Gasteiger partial charge in [0, 0.05) is 34.4 Å². The van der Waals surface area contributed by atoms with Crippen LogP contribution in [0.15, 0.2) is 48.0 Å². The molecule has 174 valence electrons. The highest BCUT2D eigenvalue weighted by molar-refractivity contribution is 7.14. The Morgan fingerprint density at radius 2 is 2.09 bits per heavy atom. The molecule has 0 radical (unpaired) electrons. The normalized spacial score (nSPS) is 17.0. The van der Waals surface area contributed by atoms with Crippen molar-refractivity contribution in [2.24, 2.45) is 7.05 Å². The molecule has 1 aliphatic carbocycles. The van der Waals surface area contributed by atoms with Crippen LogP contribution in [0, 0.1) is 0 Å². The van der Waals surface area contributed by atoms with Crippen molar-refractivity contribution in [2.75, 3.05) is 18.5 Å². The number of aromatic nitrogens is 3. The van der Waals surface area contributed by atoms with Gasteiger partial charge in [-0.15, -0.1) is 11.3 Å². The minimum atomic E-state index is -0.349. The van der Waals surface area contributed by atoms with Crippen molar-refractivity contribution in [1.82, 2.24) is 20.1 Å². The van der Waals surface area contributed by atoms with Gasteiger partial charge in [-0.25, -0.2) is 4.98 Å². The molecule has 0 fully saturated rings. The first-order chi connectivity index (χ1) is 16.4. The van der Waals surface area contributed by atoms with E-state index in [1.807, 2.05) is 60.6 Å². The minimum absolute atomic E-state index is 0.0409. The van der Waals surface area contributed by atoms with Crippen LogP contribution in [0.25, 0.3) is 22.2 Å². The molecule has 4 aromatic rings. The fourth-order valence-corrected chi connectivity index (χ4v) is 5.14. The van der Waals surface area contributed by atoms with Gasteiger partial charge < -0.3 is 15.7 Å². The molecule has 0 saturated carbocycles. The Kier molecular flexibility index (Phi) is 5.66. The van der Waals surface area contributed by atoms with Gasteiger partial charge in [0.1, 0.15) is 0 Å². The Hall–Kier alpha value is -3.56. The minimum Gasteiger partial charge on any atom is -0.395 e. The van der Waals surface area contributed by atoms with Gasteiger partial charge in [0.15, 0.2) is 5.13 Å². The molecule has 5 rings (SSSR count). The van der Waals surface area contributed by atoms with Gasteiger partial charge in [0.25, 0.3) is 5.91 Å². The number of hydrogen-bond donors (Lipinski definition) is 3. The second-order valence-electron chi connectivity index (χ2n) is 8.90. The third-order valence-electron chi connectivity index (χ3n) is 6.52. The first-order valence-electron chi connectivity index (χ1n) is 11.1. The van der Waals surface area contributed by atoms with E-state index < -0.39 is 0 Å². The van der Waals surface area contributed by atoms with E-state index in [2.05, 4.69) is 20.7 Å². The molecule has 0 bridgehead atoms. The quantitative estimate of drug-likeness (QED) is 0.397. The van der Waals surface area contributed by atoms with E-state index in [4.69, 9.17) is 0 Å². The molecule has 2 heterocycles. The lowest BCUT2D eigenvalue weighted by Gasteiger charge is -2.22. The van der Waals surface area contributed by atoms with Crippen LogP contribution in [-0.4, -0.2) is 44.8 Å². The van der Waals surface area contributed by atoms with Crippen LogP contribution in [0.5, 0.6) is 0 Å². The molecule has 9 heteroatoms. The van der Waals surface area contributed by atoms with Crippen molar-refractivity contribution < 1.29 is 14.7 Å². The number of hydrogen-bond acceptors (Lipinski definition) is 6. The molecule has 0 spiro atoms. The first kappa shape index (κ1) is 22.2. The fourth-order valence-electron chi connectivity index (χ4n) is 4.40. The standard InChI is InChI=1S/C25H25N5O3S/c1-25(14-31)8-7-15-3-5-17(9-19(15)25)23(33)26-12-22(32)29-24-28-20(13-34-24)16-4-6-18-11-27-30(2)21(18)10-16/h3-6,9-11,13,31H,7-8,12,14H2,1-2H3,(H,26,33)(H,28,29,32)/t25-/m1/s1. The number of benzene rings is 2. The van der Waals surface area contributed by atoms with Crippen molar-refractivity contribution >= 4 is 39.2 Å². The number of amides is 2. The van der Waals surface area contributed by atoms with Crippen molar-refractivity contribution in [3.05, 3.63) is 64.7 Å². The third kappa shape index (κ3) is 4.08. The largest absolute Gasteiger partial charge is 0.395 e. The maximum absolute atomic E-state index is 12.6. The summed E-state index contributed by atoms with van der Waals surface area (Å²) in [7, 11) is 1.89. The van der Waals surface area contributed by atoms with Gasteiger partial charge in [0.05, 0.1) is 30.6 Å². The zero-order valence-electron chi connectivity index (χ0n) is 19.0. The second-order valence-corrected chi connectivity index (χ2v) is 9.76. The highest BCUT2D eigenvalue weighted by Crippen LogP contribution is 2.38. The van der Waals surface area contributed by atoms with Gasteiger partial charge in [-0.05, 0) is 42.2 Å². The summed E-state index contributed by atoms with van der Waals surface area (Å²) < 4.78 is 1.81. The SMILES string of the molecule is Cn1ncc2ccc(-c3csc(NC(=O)CNC(=O)c4ccc5c(c4)[C@@](C)(CO)CC5)n3)cc21. The summed E-state index contributed by atoms with van der Waals surface area (Å²) in [4.78, 5) is 29.6. The number of aryl methyl sites for hydroxylation is 2. The molecule has 3 N–H and O–H groups in total. The number of aliphatic hydroxyl groups is 1. The number of rotatable bonds is 6. The van der Waals surface area contributed by atoms with Gasteiger partial charge in [-0.1, -0.05) is 25.1 Å². The highest BCUT2D eigenvalue weighted by atomic mass is 32.1. The highest BCUT2D eigenvalue weighted by Gasteiger charge is 2.34. The molecule has 0 aliphatic heterocycles. The monoisotopic (exact) mass is 475 g/mol. The summed E-state index contributed by atoms with van der Waals surface area (Å²) in [5.74, 6) is -0.674. The summed E-state index contributed by atoms with van der Waals surface area (Å²) in [6, 6.07) is 11.5. The molecule has 8 nitrogen and oxygen atoms in total. The summed E-state index contributed by atoms with van der Waals surface area (Å²) in [6.07, 6.45) is 3.56. The van der Waals surface area contributed by atoms with E-state index >= 15 is 0 Å². The zero-order chi connectivity index (χ0) is 23.9. The maximum atomic E-state index is 12.6. The van der Waals surface area contributed by atoms with Crippen LogP contribution in [0.1, 0.15) is 34.8 Å². The van der Waals surface area contributed by atoms with E-state index in [0.717, 1.165) is 46.1 Å². The first-order valence-corrected chi connectivity index (χ1v) is 11.9. The lowest BCUT2D eigenvalue weighted by molar-refractivity contribution is -0.115. The predicted octanol–water partition coefficient (Wildman–Crippen LogP) is 3.26. The number of carbonyl (C=O) groups excluding carboxylic acids is 2. The number of nitrogens with zero attached hydrogens (tertiary/aromatic N) is 3. The Morgan fingerprint density at radius 1 is 1.24 bits per heavy atom. The second kappa shape index (κ2) is 8.66. The number of nitrogens with one attached hydrogen (secondary N) is 2. The Labute approximate surface area is 200 Å². The van der Waals surface area contributed by atoms with Crippen LogP contribution in [0.3, 0.4) is 0 Å². The predicted molar refractivity (Wildman–Crippen MR) is 132 cm³/mol. The molecule has 2 amide bonds. The van der Waals surface area contributed by atoms with Gasteiger partial charge >= 0.3 is 0 Å². The average Bonchev–Trinajstić information content (AvgIpc) is 3.55. The van der Waals surface area contributed by atoms with Crippen molar-refractivity contribution in [1.29, 1.82) is 0 Å². The lowest BCUT2D eigenvalue weighted by Crippen LogP contribution is -2.33. The molecular weight excluding hydrogens is 450 g/mol. The van der Waals surface area contributed by atoms with Crippen molar-refractivity contribution in [2.45, 2.75) is 25.2 Å². The molecule has 34 heavy (non-hydrogen) atoms. The summed E-state index contributed by atoms with van der Waals surface area (Å²) in [6.45, 7) is 1.88. The molecule has 0 unspecified atom stereocenters. The van der Waals surface area contributed by atoms with Gasteiger partial charge in [-0.2, -0.15) is 5.10 Å². The number of anilines is 1. The van der Waals surface area contributed by atoms with Gasteiger partial charge in [-0.3, -0.25) is 14.3 Å². The van der Waals surface area contributed by atoms with E-state index in [1.165, 1.54) is 11.3 Å². The van der Waals surface area contributed by atoms with Crippen molar-refractivity contribution in [3.8, 4) is 11.3 Å². The number of aliphatic hydroxyl groups excluding tert-OH is 1. The van der Waals surface area contributed by atoms with Crippen LogP contribution in [-0.2, 0) is 23.7 Å². The number of fused-ring (bicyclic) bond motifs is 2. The van der Waals surface area contributed by atoms with E-state index in [-0.39, 0.29) is 30.4 Å². The van der Waals surface area contributed by atoms with E-state index in [1.54, 1.807) is 6.07 Å². The molecule has 2 aromatic heterocycles. The van der Waals surface area contributed by atoms with E-state index in [9.17, 15) is 14.7 Å². The topological polar surface area (TPSA) is 109 Å². The number of thiazole rings is 1. The fraction of sp³-hybridized carbons (Fsp3) is 0.280. The van der Waals surface area contributed by atoms with Crippen LogP contribution in [0.2, 0.25) is 0 Å². The summed E-state index contributed by atoms with van der Waals surface area (Å²) in [5.41, 5.74) is 5.03. The summed E-state index contributed by atoms with van der Waals surface area (Å²) >= 11 is 1.33. The zero-order valence-corrected chi connectivity index (χ0v) is 19.8. The molecular formula is C25H25N5O3S. The Balaban J connectivity index is 1.21. The van der Waals surface area contributed by atoms with Crippen molar-refractivity contribution in [3.63, 3.8) is 0 Å². The van der Waals surface area contributed by atoms with Gasteiger partial charge in [0.2, 0.25) is 5.91 Å². The van der Waals surface area contributed by atoms with Crippen LogP contribution < -0.4 is 10.6 Å². The molecule has 2 aromatic carbocycles. The average molecular weight is 476 g/mol. The molecule has 0 saturated heterocycles. The maximum Gasteiger partial charge on any atom is 0.251 e. The van der Waals surface area contributed by atoms with Crippen LogP contribution in [0.4, 0.5) is 5.13 Å². The summed E-state index contributed by atoms with van der Waals surface area (Å²) in [5, 5.41) is 22.9. The third-order valence-corrected chi connectivity index (χ3v) is 7.28. The Morgan fingerprint density at radius 3 is 2.91 bits per heavy atom. The van der Waals surface area contributed by atoms with Crippen LogP contribution >= 0.6 is 11.3 Å². The molecule has 1 atom stereocenters. The smallest absolute Gasteiger partial charge is 0.251 e. The lowest BCUT2D eigenvalue weighted by atomic mass is 9.84. The Bertz CT molecular complexity index is 1410. The van der Waals surface area contributed by atoms with E-state index in [0.29, 0.717) is 10.7 Å².